The molecule has 0 aromatic heterocycles. The molecule has 0 unspecified atom stereocenters. The van der Waals surface area contributed by atoms with E-state index in [1.807, 2.05) is 57.2 Å². The number of hydrogen-bond donors (Lipinski definition) is 1. The molecule has 0 bridgehead atoms. The fourth-order valence-electron chi connectivity index (χ4n) is 4.80. The van der Waals surface area contributed by atoms with E-state index in [0.29, 0.717) is 21.3 Å². The summed E-state index contributed by atoms with van der Waals surface area (Å²) in [6.45, 7) is 4.98. The minimum Gasteiger partial charge on any atom is -0.352 e. The van der Waals surface area contributed by atoms with E-state index in [-0.39, 0.29) is 29.8 Å². The Labute approximate surface area is 269 Å². The lowest BCUT2D eigenvalue weighted by molar-refractivity contribution is -0.140. The molecule has 0 aliphatic heterocycles. The number of carbonyl (C=O) groups excluding carboxylic acids is 2. The maximum absolute atomic E-state index is 14.4. The molecule has 4 rings (SSSR count). The average Bonchev–Trinajstić information content (AvgIpc) is 2.99. The topological polar surface area (TPSA) is 86.8 Å². The number of anilines is 1. The van der Waals surface area contributed by atoms with Crippen LogP contribution in [0.5, 0.6) is 0 Å². The van der Waals surface area contributed by atoms with Crippen LogP contribution >= 0.6 is 23.2 Å². The van der Waals surface area contributed by atoms with Gasteiger partial charge in [0.05, 0.1) is 20.6 Å². The van der Waals surface area contributed by atoms with Gasteiger partial charge in [-0.2, -0.15) is 0 Å². The highest BCUT2D eigenvalue weighted by Crippen LogP contribution is 2.27. The number of nitrogens with one attached hydrogen (secondary N) is 1. The van der Waals surface area contributed by atoms with Crippen molar-refractivity contribution in [1.82, 2.24) is 10.2 Å². The number of aryl methyl sites for hydroxylation is 1. The van der Waals surface area contributed by atoms with Crippen LogP contribution in [0, 0.1) is 6.92 Å². The summed E-state index contributed by atoms with van der Waals surface area (Å²) in [6.07, 6.45) is 0.211. The Balaban J connectivity index is 1.81. The molecule has 0 heterocycles. The van der Waals surface area contributed by atoms with Gasteiger partial charge in [-0.15, -0.1) is 0 Å². The molecule has 0 aliphatic rings. The molecule has 4 aromatic carbocycles. The van der Waals surface area contributed by atoms with Gasteiger partial charge in [0.2, 0.25) is 11.8 Å². The van der Waals surface area contributed by atoms with Gasteiger partial charge in [-0.1, -0.05) is 89.9 Å². The van der Waals surface area contributed by atoms with Crippen molar-refractivity contribution < 1.29 is 18.0 Å². The van der Waals surface area contributed by atoms with E-state index in [1.165, 1.54) is 17.0 Å². The van der Waals surface area contributed by atoms with E-state index in [0.717, 1.165) is 15.4 Å². The molecule has 0 aliphatic carbocycles. The highest BCUT2D eigenvalue weighted by Gasteiger charge is 2.35. The van der Waals surface area contributed by atoms with E-state index < -0.39 is 28.5 Å². The predicted octanol–water partition coefficient (Wildman–Crippen LogP) is 6.66. The van der Waals surface area contributed by atoms with Gasteiger partial charge in [-0.25, -0.2) is 8.42 Å². The Kier molecular flexibility index (Phi) is 11.1. The zero-order valence-corrected chi connectivity index (χ0v) is 27.1. The second-order valence-corrected chi connectivity index (χ2v) is 13.5. The van der Waals surface area contributed by atoms with Gasteiger partial charge in [-0.05, 0) is 73.9 Å². The van der Waals surface area contributed by atoms with E-state index in [1.54, 1.807) is 54.6 Å². The van der Waals surface area contributed by atoms with Gasteiger partial charge in [0, 0.05) is 19.0 Å². The van der Waals surface area contributed by atoms with Crippen LogP contribution in [0.15, 0.2) is 108 Å². The van der Waals surface area contributed by atoms with Gasteiger partial charge in [0.25, 0.3) is 10.0 Å². The monoisotopic (exact) mass is 651 g/mol. The number of carbonyl (C=O) groups is 2. The molecule has 1 atom stereocenters. The number of amides is 2. The quantitative estimate of drug-likeness (QED) is 0.186. The molecule has 1 N–H and O–H groups in total. The predicted molar refractivity (Wildman–Crippen MR) is 176 cm³/mol. The Morgan fingerprint density at radius 2 is 1.45 bits per heavy atom. The van der Waals surface area contributed by atoms with Crippen molar-refractivity contribution in [1.29, 1.82) is 0 Å². The maximum Gasteiger partial charge on any atom is 0.264 e. The van der Waals surface area contributed by atoms with Crippen LogP contribution < -0.4 is 9.62 Å². The summed E-state index contributed by atoms with van der Waals surface area (Å²) in [4.78, 5) is 29.7. The molecular formula is C34H35Cl2N3O4S. The SMILES string of the molecule is Cc1cccc(N(CC(=O)N(Cc2ccc(Cl)c(Cl)c2)[C@H](Cc2ccccc2)C(=O)NC(C)C)S(=O)(=O)c2ccccc2)c1. The van der Waals surface area contributed by atoms with E-state index in [9.17, 15) is 18.0 Å². The van der Waals surface area contributed by atoms with E-state index >= 15 is 0 Å². The first-order valence-electron chi connectivity index (χ1n) is 14.2. The molecule has 0 saturated heterocycles. The lowest BCUT2D eigenvalue weighted by Crippen LogP contribution is -2.54. The number of halogens is 2. The molecule has 0 saturated carbocycles. The van der Waals surface area contributed by atoms with Crippen LogP contribution in [0.3, 0.4) is 0 Å². The molecule has 7 nitrogen and oxygen atoms in total. The molecule has 4 aromatic rings. The second-order valence-electron chi connectivity index (χ2n) is 10.8. The maximum atomic E-state index is 14.4. The number of rotatable bonds is 12. The second kappa shape index (κ2) is 14.8. The lowest BCUT2D eigenvalue weighted by Gasteiger charge is -2.34. The Morgan fingerprint density at radius 1 is 0.795 bits per heavy atom. The van der Waals surface area contributed by atoms with Gasteiger partial charge in [-0.3, -0.25) is 13.9 Å². The summed E-state index contributed by atoms with van der Waals surface area (Å²) in [5.41, 5.74) is 2.64. The van der Waals surface area contributed by atoms with Crippen molar-refractivity contribution in [3.63, 3.8) is 0 Å². The number of sulfonamides is 1. The minimum atomic E-state index is -4.16. The largest absolute Gasteiger partial charge is 0.352 e. The first-order chi connectivity index (χ1) is 21.0. The first kappa shape index (κ1) is 33.1. The molecule has 0 spiro atoms. The summed E-state index contributed by atoms with van der Waals surface area (Å²) >= 11 is 12.5. The Hall–Kier alpha value is -3.85. The van der Waals surface area contributed by atoms with Crippen molar-refractivity contribution in [3.8, 4) is 0 Å². The highest BCUT2D eigenvalue weighted by atomic mass is 35.5. The van der Waals surface area contributed by atoms with E-state index in [2.05, 4.69) is 5.32 Å². The van der Waals surface area contributed by atoms with Gasteiger partial charge in [0.15, 0.2) is 0 Å². The standard InChI is InChI=1S/C34H35Cl2N3O4S/c1-24(2)37-34(41)32(21-26-12-6-4-7-13-26)38(22-27-17-18-30(35)31(36)20-27)33(40)23-39(28-14-10-11-25(3)19-28)44(42,43)29-15-8-5-9-16-29/h4-20,24,32H,21-23H2,1-3H3,(H,37,41)/t32-/m1/s1. The van der Waals surface area contributed by atoms with Crippen LogP contribution in [0.2, 0.25) is 10.0 Å². The third-order valence-corrected chi connectivity index (χ3v) is 9.47. The van der Waals surface area contributed by atoms with Crippen molar-refractivity contribution in [3.05, 3.63) is 130 Å². The van der Waals surface area contributed by atoms with Crippen molar-refractivity contribution in [2.45, 2.75) is 50.7 Å². The number of hydrogen-bond acceptors (Lipinski definition) is 4. The molecule has 10 heteroatoms. The van der Waals surface area contributed by atoms with Crippen molar-refractivity contribution in [2.24, 2.45) is 0 Å². The zero-order chi connectivity index (χ0) is 31.9. The summed E-state index contributed by atoms with van der Waals surface area (Å²) in [6, 6.07) is 28.1. The first-order valence-corrected chi connectivity index (χ1v) is 16.4. The normalized spacial score (nSPS) is 12.0. The fraction of sp³-hybridized carbons (Fsp3) is 0.235. The summed E-state index contributed by atoms with van der Waals surface area (Å²) < 4.78 is 29.2. The molecule has 0 fully saturated rings. The van der Waals surface area contributed by atoms with Crippen molar-refractivity contribution >= 4 is 50.7 Å². The fourth-order valence-corrected chi connectivity index (χ4v) is 6.55. The molecule has 44 heavy (non-hydrogen) atoms. The Morgan fingerprint density at radius 3 is 2.07 bits per heavy atom. The molecule has 0 radical (unpaired) electrons. The third-order valence-electron chi connectivity index (χ3n) is 6.94. The minimum absolute atomic E-state index is 0.00815. The molecular weight excluding hydrogens is 617 g/mol. The summed E-state index contributed by atoms with van der Waals surface area (Å²) in [5.74, 6) is -0.915. The smallest absolute Gasteiger partial charge is 0.264 e. The van der Waals surface area contributed by atoms with Gasteiger partial charge in [0.1, 0.15) is 12.6 Å². The number of benzene rings is 4. The van der Waals surface area contributed by atoms with Crippen LogP contribution in [0.4, 0.5) is 5.69 Å². The summed E-state index contributed by atoms with van der Waals surface area (Å²) in [5, 5.41) is 3.60. The van der Waals surface area contributed by atoms with E-state index in [4.69, 9.17) is 23.2 Å². The van der Waals surface area contributed by atoms with Crippen LogP contribution in [0.25, 0.3) is 0 Å². The van der Waals surface area contributed by atoms with Gasteiger partial charge < -0.3 is 10.2 Å². The molecule has 2 amide bonds. The van der Waals surface area contributed by atoms with Crippen LogP contribution in [-0.2, 0) is 32.6 Å². The highest BCUT2D eigenvalue weighted by molar-refractivity contribution is 7.92. The van der Waals surface area contributed by atoms with Gasteiger partial charge >= 0.3 is 0 Å². The number of nitrogens with zero attached hydrogens (tertiary/aromatic N) is 2. The average molecular weight is 653 g/mol. The Bertz CT molecular complexity index is 1700. The van der Waals surface area contributed by atoms with Crippen molar-refractivity contribution in [2.75, 3.05) is 10.8 Å². The lowest BCUT2D eigenvalue weighted by atomic mass is 10.0. The van der Waals surface area contributed by atoms with Crippen LogP contribution in [-0.4, -0.2) is 43.8 Å². The third kappa shape index (κ3) is 8.40. The van der Waals surface area contributed by atoms with Crippen LogP contribution in [0.1, 0.15) is 30.5 Å². The molecule has 230 valence electrons. The zero-order valence-electron chi connectivity index (χ0n) is 24.8. The summed E-state index contributed by atoms with van der Waals surface area (Å²) in [7, 11) is -4.16.